The van der Waals surface area contributed by atoms with Crippen LogP contribution in [0.2, 0.25) is 5.02 Å². The molecule has 0 unspecified atom stereocenters. The summed E-state index contributed by atoms with van der Waals surface area (Å²) in [5, 5.41) is 8.62. The molecule has 7 nitrogen and oxygen atoms in total. The molecule has 8 heteroatoms. The number of carbonyl (C=O) groups excluding carboxylic acids is 2. The van der Waals surface area contributed by atoms with Crippen molar-refractivity contribution < 1.29 is 19.1 Å². The second-order valence-electron chi connectivity index (χ2n) is 6.18. The van der Waals surface area contributed by atoms with Gasteiger partial charge >= 0.3 is 6.03 Å². The molecule has 0 saturated heterocycles. The van der Waals surface area contributed by atoms with Gasteiger partial charge in [0, 0.05) is 22.8 Å². The summed E-state index contributed by atoms with van der Waals surface area (Å²) in [6.45, 7) is 6.62. The number of ether oxygens (including phenoxy) is 2. The van der Waals surface area contributed by atoms with Crippen LogP contribution >= 0.6 is 11.6 Å². The number of anilines is 1. The van der Waals surface area contributed by atoms with E-state index in [4.69, 9.17) is 21.1 Å². The van der Waals surface area contributed by atoms with E-state index in [-0.39, 0.29) is 12.6 Å². The predicted molar refractivity (Wildman–Crippen MR) is 114 cm³/mol. The van der Waals surface area contributed by atoms with Gasteiger partial charge in [-0.2, -0.15) is 0 Å². The van der Waals surface area contributed by atoms with Crippen molar-refractivity contribution in [2.75, 3.05) is 25.1 Å². The molecule has 0 aliphatic rings. The number of imide groups is 1. The third-order valence-electron chi connectivity index (χ3n) is 3.99. The third-order valence-corrected chi connectivity index (χ3v) is 4.24. The molecule has 156 valence electrons. The molecule has 0 heterocycles. The van der Waals surface area contributed by atoms with Gasteiger partial charge in [-0.15, -0.1) is 0 Å². The van der Waals surface area contributed by atoms with E-state index in [0.29, 0.717) is 35.4 Å². The van der Waals surface area contributed by atoms with Crippen LogP contribution in [0.4, 0.5) is 10.5 Å². The summed E-state index contributed by atoms with van der Waals surface area (Å²) in [4.78, 5) is 24.1. The van der Waals surface area contributed by atoms with E-state index in [1.165, 1.54) is 0 Å². The molecule has 2 aromatic carbocycles. The first-order valence-electron chi connectivity index (χ1n) is 9.42. The maximum absolute atomic E-state index is 12.1. The van der Waals surface area contributed by atoms with Crippen molar-refractivity contribution >= 4 is 29.2 Å². The van der Waals surface area contributed by atoms with Gasteiger partial charge in [0.05, 0.1) is 19.8 Å². The highest BCUT2D eigenvalue weighted by Gasteiger charge is 2.12. The van der Waals surface area contributed by atoms with E-state index < -0.39 is 11.9 Å². The van der Waals surface area contributed by atoms with Crippen LogP contribution in [-0.4, -0.2) is 31.7 Å². The van der Waals surface area contributed by atoms with Crippen LogP contribution in [0.15, 0.2) is 42.5 Å². The van der Waals surface area contributed by atoms with Gasteiger partial charge in [0.2, 0.25) is 5.91 Å². The molecule has 0 radical (unpaired) electrons. The fraction of sp³-hybridized carbons (Fsp3) is 0.333. The Balaban J connectivity index is 1.85. The van der Waals surface area contributed by atoms with Gasteiger partial charge < -0.3 is 20.1 Å². The number of carbonyl (C=O) groups is 2. The zero-order chi connectivity index (χ0) is 21.2. The summed E-state index contributed by atoms with van der Waals surface area (Å²) < 4.78 is 11.0. The zero-order valence-electron chi connectivity index (χ0n) is 16.8. The molecule has 29 heavy (non-hydrogen) atoms. The minimum Gasteiger partial charge on any atom is -0.490 e. The van der Waals surface area contributed by atoms with Crippen molar-refractivity contribution in [3.63, 3.8) is 0 Å². The number of amides is 3. The average Bonchev–Trinajstić information content (AvgIpc) is 2.69. The summed E-state index contributed by atoms with van der Waals surface area (Å²) in [7, 11) is 0. The molecule has 0 aliphatic carbocycles. The Hall–Kier alpha value is -2.77. The number of benzene rings is 2. The Labute approximate surface area is 175 Å². The first-order valence-corrected chi connectivity index (χ1v) is 9.80. The molecule has 0 bridgehead atoms. The number of urea groups is 1. The third kappa shape index (κ3) is 7.29. The Morgan fingerprint density at radius 3 is 2.31 bits per heavy atom. The SMILES string of the molecule is CCOc1ccc(NC(=O)NC(=O)CN[C@@H](C)c2ccc(Cl)cc2)cc1OCC. The number of hydrogen-bond donors (Lipinski definition) is 3. The normalized spacial score (nSPS) is 11.4. The fourth-order valence-electron chi connectivity index (χ4n) is 2.58. The Morgan fingerprint density at radius 2 is 1.66 bits per heavy atom. The van der Waals surface area contributed by atoms with Gasteiger partial charge in [-0.3, -0.25) is 10.1 Å². The van der Waals surface area contributed by atoms with Crippen molar-refractivity contribution in [1.82, 2.24) is 10.6 Å². The second kappa shape index (κ2) is 11.3. The Kier molecular flexibility index (Phi) is 8.76. The highest BCUT2D eigenvalue weighted by molar-refractivity contribution is 6.30. The number of nitrogens with one attached hydrogen (secondary N) is 3. The molecular weight excluding hydrogens is 394 g/mol. The molecule has 0 aromatic heterocycles. The van der Waals surface area contributed by atoms with Gasteiger partial charge in [0.1, 0.15) is 0 Å². The molecule has 2 aromatic rings. The summed E-state index contributed by atoms with van der Waals surface area (Å²) >= 11 is 5.88. The standard InChI is InChI=1S/C21H26ClN3O4/c1-4-28-18-11-10-17(12-19(18)29-5-2)24-21(27)25-20(26)13-23-14(3)15-6-8-16(22)9-7-15/h6-12,14,23H,4-5,13H2,1-3H3,(H2,24,25,26,27)/t14-/m0/s1. The van der Waals surface area contributed by atoms with Gasteiger partial charge in [-0.05, 0) is 50.6 Å². The highest BCUT2D eigenvalue weighted by Crippen LogP contribution is 2.30. The van der Waals surface area contributed by atoms with Crippen LogP contribution in [0.3, 0.4) is 0 Å². The fourth-order valence-corrected chi connectivity index (χ4v) is 2.70. The van der Waals surface area contributed by atoms with Crippen LogP contribution < -0.4 is 25.4 Å². The Bertz CT molecular complexity index is 827. The van der Waals surface area contributed by atoms with E-state index >= 15 is 0 Å². The molecule has 0 saturated carbocycles. The maximum atomic E-state index is 12.1. The van der Waals surface area contributed by atoms with Crippen LogP contribution in [0.5, 0.6) is 11.5 Å². The molecule has 0 aliphatic heterocycles. The highest BCUT2D eigenvalue weighted by atomic mass is 35.5. The molecule has 3 N–H and O–H groups in total. The van der Waals surface area contributed by atoms with Crippen LogP contribution in [0.1, 0.15) is 32.4 Å². The summed E-state index contributed by atoms with van der Waals surface area (Å²) in [5.74, 6) is 0.674. The average molecular weight is 420 g/mol. The molecule has 2 rings (SSSR count). The van der Waals surface area contributed by atoms with Gasteiger partial charge in [-0.1, -0.05) is 23.7 Å². The number of hydrogen-bond acceptors (Lipinski definition) is 5. The molecule has 3 amide bonds. The van der Waals surface area contributed by atoms with E-state index in [2.05, 4.69) is 16.0 Å². The molecular formula is C21H26ClN3O4. The monoisotopic (exact) mass is 419 g/mol. The van der Waals surface area contributed by atoms with E-state index in [1.54, 1.807) is 30.3 Å². The predicted octanol–water partition coefficient (Wildman–Crippen LogP) is 4.14. The summed E-state index contributed by atoms with van der Waals surface area (Å²) in [6.07, 6.45) is 0. The van der Waals surface area contributed by atoms with E-state index in [9.17, 15) is 9.59 Å². The molecule has 0 spiro atoms. The summed E-state index contributed by atoms with van der Waals surface area (Å²) in [5.41, 5.74) is 1.48. The minimum atomic E-state index is -0.623. The van der Waals surface area contributed by atoms with Gasteiger partial charge in [0.15, 0.2) is 11.5 Å². The molecule has 1 atom stereocenters. The van der Waals surface area contributed by atoms with Crippen LogP contribution in [0, 0.1) is 0 Å². The summed E-state index contributed by atoms with van der Waals surface area (Å²) in [6, 6.07) is 11.7. The van der Waals surface area contributed by atoms with Crippen molar-refractivity contribution in [2.24, 2.45) is 0 Å². The van der Waals surface area contributed by atoms with Crippen molar-refractivity contribution in [1.29, 1.82) is 0 Å². The lowest BCUT2D eigenvalue weighted by molar-refractivity contribution is -0.119. The second-order valence-corrected chi connectivity index (χ2v) is 6.62. The lowest BCUT2D eigenvalue weighted by atomic mass is 10.1. The molecule has 0 fully saturated rings. The largest absolute Gasteiger partial charge is 0.490 e. The van der Waals surface area contributed by atoms with Crippen molar-refractivity contribution in [3.8, 4) is 11.5 Å². The van der Waals surface area contributed by atoms with Crippen molar-refractivity contribution in [3.05, 3.63) is 53.1 Å². The van der Waals surface area contributed by atoms with E-state index in [1.807, 2.05) is 32.9 Å². The maximum Gasteiger partial charge on any atom is 0.325 e. The zero-order valence-corrected chi connectivity index (χ0v) is 17.5. The number of rotatable bonds is 9. The van der Waals surface area contributed by atoms with Crippen LogP contribution in [0.25, 0.3) is 0 Å². The quantitative estimate of drug-likeness (QED) is 0.568. The first-order chi connectivity index (χ1) is 13.9. The smallest absolute Gasteiger partial charge is 0.325 e. The topological polar surface area (TPSA) is 88.7 Å². The van der Waals surface area contributed by atoms with Crippen LogP contribution in [-0.2, 0) is 4.79 Å². The first kappa shape index (κ1) is 22.5. The van der Waals surface area contributed by atoms with Gasteiger partial charge in [0.25, 0.3) is 0 Å². The number of halogens is 1. The lowest BCUT2D eigenvalue weighted by Gasteiger charge is -2.15. The van der Waals surface area contributed by atoms with E-state index in [0.717, 1.165) is 5.56 Å². The lowest BCUT2D eigenvalue weighted by Crippen LogP contribution is -2.40. The van der Waals surface area contributed by atoms with Crippen molar-refractivity contribution in [2.45, 2.75) is 26.8 Å². The Morgan fingerprint density at radius 1 is 1.00 bits per heavy atom. The minimum absolute atomic E-state index is 0.00924. The van der Waals surface area contributed by atoms with Gasteiger partial charge in [-0.25, -0.2) is 4.79 Å².